The second kappa shape index (κ2) is 7.93. The van der Waals surface area contributed by atoms with Crippen molar-refractivity contribution in [3.05, 3.63) is 42.0 Å². The molecule has 0 saturated heterocycles. The van der Waals surface area contributed by atoms with Gasteiger partial charge in [0.1, 0.15) is 5.75 Å². The molecule has 1 aromatic carbocycles. The number of nitrogens with one attached hydrogen (secondary N) is 1. The number of benzene rings is 1. The zero-order valence-corrected chi connectivity index (χ0v) is 11.8. The summed E-state index contributed by atoms with van der Waals surface area (Å²) in [5.41, 5.74) is 2.45. The largest absolute Gasteiger partial charge is 0.494 e. The van der Waals surface area contributed by atoms with Crippen LogP contribution in [0, 0.1) is 6.92 Å². The Bertz CT molecular complexity index is 373. The summed E-state index contributed by atoms with van der Waals surface area (Å²) >= 11 is 0. The minimum Gasteiger partial charge on any atom is -0.494 e. The smallest absolute Gasteiger partial charge is 0.119 e. The molecule has 2 nitrogen and oxygen atoms in total. The van der Waals surface area contributed by atoms with Gasteiger partial charge >= 0.3 is 0 Å². The summed E-state index contributed by atoms with van der Waals surface area (Å²) in [5.74, 6) is 0.959. The van der Waals surface area contributed by atoms with Crippen LogP contribution < -0.4 is 10.1 Å². The normalized spacial score (nSPS) is 12.2. The van der Waals surface area contributed by atoms with E-state index in [4.69, 9.17) is 4.74 Å². The van der Waals surface area contributed by atoms with Gasteiger partial charge in [-0.2, -0.15) is 0 Å². The first-order valence-corrected chi connectivity index (χ1v) is 6.69. The zero-order valence-electron chi connectivity index (χ0n) is 11.8. The first-order valence-electron chi connectivity index (χ1n) is 6.69. The van der Waals surface area contributed by atoms with Gasteiger partial charge in [0.15, 0.2) is 0 Å². The molecule has 0 spiro atoms. The molecule has 1 rings (SSSR count). The van der Waals surface area contributed by atoms with E-state index < -0.39 is 0 Å². The van der Waals surface area contributed by atoms with E-state index in [2.05, 4.69) is 44.8 Å². The lowest BCUT2D eigenvalue weighted by molar-refractivity contribution is 0.285. The molecule has 0 aromatic heterocycles. The van der Waals surface area contributed by atoms with Crippen LogP contribution in [0.2, 0.25) is 0 Å². The maximum Gasteiger partial charge on any atom is 0.119 e. The van der Waals surface area contributed by atoms with Gasteiger partial charge in [-0.25, -0.2) is 0 Å². The van der Waals surface area contributed by atoms with Crippen LogP contribution in [-0.4, -0.2) is 19.2 Å². The summed E-state index contributed by atoms with van der Waals surface area (Å²) in [6.45, 7) is 12.0. The first kappa shape index (κ1) is 14.8. The van der Waals surface area contributed by atoms with Crippen LogP contribution in [0.4, 0.5) is 0 Å². The number of ether oxygens (including phenoxy) is 1. The van der Waals surface area contributed by atoms with Crippen molar-refractivity contribution in [2.75, 3.05) is 13.2 Å². The highest BCUT2D eigenvalue weighted by atomic mass is 16.5. The van der Waals surface area contributed by atoms with Gasteiger partial charge in [0, 0.05) is 6.04 Å². The van der Waals surface area contributed by atoms with Crippen LogP contribution in [-0.2, 0) is 0 Å². The van der Waals surface area contributed by atoms with E-state index in [9.17, 15) is 0 Å². The summed E-state index contributed by atoms with van der Waals surface area (Å²) in [6, 6.07) is 8.65. The highest BCUT2D eigenvalue weighted by Crippen LogP contribution is 2.13. The molecule has 0 aliphatic carbocycles. The maximum atomic E-state index is 5.78. The van der Waals surface area contributed by atoms with Crippen molar-refractivity contribution in [2.24, 2.45) is 0 Å². The predicted molar refractivity (Wildman–Crippen MR) is 78.2 cm³/mol. The van der Waals surface area contributed by atoms with Crippen molar-refractivity contribution in [2.45, 2.75) is 39.7 Å². The third-order valence-corrected chi connectivity index (χ3v) is 2.81. The molecule has 0 radical (unpaired) electrons. The number of aryl methyl sites for hydroxylation is 1. The molecular formula is C16H25NO. The molecule has 0 heterocycles. The van der Waals surface area contributed by atoms with E-state index in [1.807, 2.05) is 12.1 Å². The summed E-state index contributed by atoms with van der Waals surface area (Å²) < 4.78 is 5.78. The van der Waals surface area contributed by atoms with Crippen molar-refractivity contribution < 1.29 is 4.74 Å². The Morgan fingerprint density at radius 3 is 2.83 bits per heavy atom. The Morgan fingerprint density at radius 1 is 1.44 bits per heavy atom. The Hall–Kier alpha value is -1.28. The van der Waals surface area contributed by atoms with Gasteiger partial charge in [-0.05, 0) is 50.9 Å². The Kier molecular flexibility index (Phi) is 6.51. The maximum absolute atomic E-state index is 5.78. The second-order valence-corrected chi connectivity index (χ2v) is 4.87. The first-order chi connectivity index (χ1) is 8.61. The zero-order chi connectivity index (χ0) is 13.4. The van der Waals surface area contributed by atoms with E-state index in [1.54, 1.807) is 0 Å². The molecular weight excluding hydrogens is 222 g/mol. The van der Waals surface area contributed by atoms with Gasteiger partial charge in [0.25, 0.3) is 0 Å². The number of hydrogen-bond acceptors (Lipinski definition) is 2. The van der Waals surface area contributed by atoms with E-state index in [0.29, 0.717) is 6.04 Å². The van der Waals surface area contributed by atoms with Crippen molar-refractivity contribution in [1.29, 1.82) is 0 Å². The molecule has 2 heteroatoms. The average molecular weight is 247 g/mol. The molecule has 0 fully saturated rings. The predicted octanol–water partition coefficient (Wildman–Crippen LogP) is 3.71. The third kappa shape index (κ3) is 5.87. The fraction of sp³-hybridized carbons (Fsp3) is 0.500. The summed E-state index contributed by atoms with van der Waals surface area (Å²) in [6.07, 6.45) is 2.03. The fourth-order valence-corrected chi connectivity index (χ4v) is 2.01. The highest BCUT2D eigenvalue weighted by Gasteiger charge is 2.07. The lowest BCUT2D eigenvalue weighted by Gasteiger charge is -2.18. The quantitative estimate of drug-likeness (QED) is 0.707. The van der Waals surface area contributed by atoms with Crippen LogP contribution in [0.3, 0.4) is 0 Å². The second-order valence-electron chi connectivity index (χ2n) is 4.87. The minimum atomic E-state index is 0.470. The molecule has 0 amide bonds. The van der Waals surface area contributed by atoms with Gasteiger partial charge in [-0.15, -0.1) is 6.58 Å². The average Bonchev–Trinajstić information content (AvgIpc) is 2.28. The fourth-order valence-electron chi connectivity index (χ4n) is 2.01. The van der Waals surface area contributed by atoms with Gasteiger partial charge in [0.2, 0.25) is 0 Å². The molecule has 0 bridgehead atoms. The van der Waals surface area contributed by atoms with E-state index in [1.165, 1.54) is 11.1 Å². The molecule has 0 aliphatic rings. The van der Waals surface area contributed by atoms with E-state index in [0.717, 1.165) is 31.7 Å². The van der Waals surface area contributed by atoms with Crippen LogP contribution in [0.5, 0.6) is 5.75 Å². The molecule has 1 aromatic rings. The van der Waals surface area contributed by atoms with E-state index in [-0.39, 0.29) is 0 Å². The minimum absolute atomic E-state index is 0.470. The summed E-state index contributed by atoms with van der Waals surface area (Å²) in [5, 5.41) is 3.47. The summed E-state index contributed by atoms with van der Waals surface area (Å²) in [7, 11) is 0. The Labute approximate surface area is 111 Å². The van der Waals surface area contributed by atoms with Crippen molar-refractivity contribution >= 4 is 0 Å². The number of hydrogen-bond donors (Lipinski definition) is 1. The molecule has 0 saturated carbocycles. The SMILES string of the molecule is C=C(C)CC(CCOc1cccc(C)c1)NCC. The van der Waals surface area contributed by atoms with Crippen molar-refractivity contribution in [3.63, 3.8) is 0 Å². The third-order valence-electron chi connectivity index (χ3n) is 2.81. The van der Waals surface area contributed by atoms with Gasteiger partial charge in [-0.1, -0.05) is 24.6 Å². The lowest BCUT2D eigenvalue weighted by atomic mass is 10.1. The van der Waals surface area contributed by atoms with E-state index >= 15 is 0 Å². The summed E-state index contributed by atoms with van der Waals surface area (Å²) in [4.78, 5) is 0. The van der Waals surface area contributed by atoms with Crippen LogP contribution in [0.1, 0.15) is 32.3 Å². The molecule has 1 atom stereocenters. The van der Waals surface area contributed by atoms with Gasteiger partial charge < -0.3 is 10.1 Å². The molecule has 100 valence electrons. The Morgan fingerprint density at radius 2 is 2.22 bits per heavy atom. The van der Waals surface area contributed by atoms with Crippen LogP contribution >= 0.6 is 0 Å². The van der Waals surface area contributed by atoms with Gasteiger partial charge in [0.05, 0.1) is 6.61 Å². The Balaban J connectivity index is 2.36. The van der Waals surface area contributed by atoms with Crippen molar-refractivity contribution in [3.8, 4) is 5.75 Å². The van der Waals surface area contributed by atoms with Crippen LogP contribution in [0.25, 0.3) is 0 Å². The van der Waals surface area contributed by atoms with Crippen molar-refractivity contribution in [1.82, 2.24) is 5.32 Å². The molecule has 1 unspecified atom stereocenters. The molecule has 18 heavy (non-hydrogen) atoms. The highest BCUT2D eigenvalue weighted by molar-refractivity contribution is 5.27. The molecule has 0 aliphatic heterocycles. The lowest BCUT2D eigenvalue weighted by Crippen LogP contribution is -2.30. The molecule has 1 N–H and O–H groups in total. The standard InChI is InChI=1S/C16H25NO/c1-5-17-15(11-13(2)3)9-10-18-16-8-6-7-14(4)12-16/h6-8,12,15,17H,2,5,9-11H2,1,3-4H3. The number of rotatable bonds is 8. The van der Waals surface area contributed by atoms with Gasteiger partial charge in [-0.3, -0.25) is 0 Å². The topological polar surface area (TPSA) is 21.3 Å². The monoisotopic (exact) mass is 247 g/mol. The van der Waals surface area contributed by atoms with Crippen LogP contribution in [0.15, 0.2) is 36.4 Å².